The smallest absolute Gasteiger partial charge is 0.135 e. The summed E-state index contributed by atoms with van der Waals surface area (Å²) in [6.45, 7) is 0. The second kappa shape index (κ2) is 4.79. The molecule has 0 atom stereocenters. The highest BCUT2D eigenvalue weighted by atomic mass is 16.1. The highest BCUT2D eigenvalue weighted by Gasteiger charge is 2.34. The molecule has 2 N–H and O–H groups in total. The summed E-state index contributed by atoms with van der Waals surface area (Å²) >= 11 is 0. The molecule has 0 heterocycles. The molecule has 0 spiro atoms. The zero-order valence-electron chi connectivity index (χ0n) is 9.61. The number of carbonyl (C=O) groups excluding carboxylic acids is 1. The summed E-state index contributed by atoms with van der Waals surface area (Å²) < 4.78 is 0. The van der Waals surface area contributed by atoms with Gasteiger partial charge in [-0.2, -0.15) is 0 Å². The van der Waals surface area contributed by atoms with Gasteiger partial charge in [-0.05, 0) is 31.2 Å². The maximum absolute atomic E-state index is 11.7. The molecule has 0 saturated heterocycles. The van der Waals surface area contributed by atoms with E-state index in [2.05, 4.69) is 12.1 Å². The molecule has 1 saturated carbocycles. The Morgan fingerprint density at radius 1 is 1.25 bits per heavy atom. The van der Waals surface area contributed by atoms with Gasteiger partial charge in [0.25, 0.3) is 0 Å². The number of aryl methyl sites for hydroxylation is 1. The van der Waals surface area contributed by atoms with E-state index >= 15 is 0 Å². The third-order valence-corrected chi connectivity index (χ3v) is 3.43. The van der Waals surface area contributed by atoms with Crippen molar-refractivity contribution in [1.29, 1.82) is 0 Å². The Bertz CT molecular complexity index is 354. The number of hydrogen-bond acceptors (Lipinski definition) is 2. The van der Waals surface area contributed by atoms with Crippen LogP contribution in [0.1, 0.15) is 37.7 Å². The van der Waals surface area contributed by atoms with Crippen molar-refractivity contribution in [3.63, 3.8) is 0 Å². The van der Waals surface area contributed by atoms with Gasteiger partial charge in [0.05, 0.1) is 0 Å². The lowest BCUT2D eigenvalue weighted by Gasteiger charge is -2.37. The summed E-state index contributed by atoms with van der Waals surface area (Å²) in [4.78, 5) is 11.7. The minimum absolute atomic E-state index is 0.159. The van der Waals surface area contributed by atoms with Gasteiger partial charge in [-0.25, -0.2) is 0 Å². The van der Waals surface area contributed by atoms with Crippen LogP contribution in [0.25, 0.3) is 0 Å². The van der Waals surface area contributed by atoms with Gasteiger partial charge >= 0.3 is 0 Å². The highest BCUT2D eigenvalue weighted by molar-refractivity contribution is 5.80. The fourth-order valence-electron chi connectivity index (χ4n) is 2.22. The molecule has 2 heteroatoms. The number of ketones is 1. The van der Waals surface area contributed by atoms with Gasteiger partial charge in [0.2, 0.25) is 0 Å². The molecule has 1 aromatic rings. The lowest BCUT2D eigenvalue weighted by molar-refractivity contribution is -0.120. The Morgan fingerprint density at radius 3 is 2.50 bits per heavy atom. The Hall–Kier alpha value is -1.15. The molecule has 0 amide bonds. The molecule has 0 radical (unpaired) electrons. The Labute approximate surface area is 96.8 Å². The lowest BCUT2D eigenvalue weighted by Crippen LogP contribution is -2.48. The predicted octanol–water partition coefficient (Wildman–Crippen LogP) is 2.46. The molecule has 16 heavy (non-hydrogen) atoms. The molecule has 0 aromatic heterocycles. The van der Waals surface area contributed by atoms with Crippen molar-refractivity contribution in [3.8, 4) is 0 Å². The van der Waals surface area contributed by atoms with Gasteiger partial charge < -0.3 is 5.73 Å². The van der Waals surface area contributed by atoms with Crippen molar-refractivity contribution in [1.82, 2.24) is 0 Å². The van der Waals surface area contributed by atoms with Gasteiger partial charge in [0.15, 0.2) is 0 Å². The first kappa shape index (κ1) is 11.3. The first-order chi connectivity index (χ1) is 7.68. The summed E-state index contributed by atoms with van der Waals surface area (Å²) in [5.41, 5.74) is 7.12. The van der Waals surface area contributed by atoms with Crippen LogP contribution in [0, 0.1) is 0 Å². The topological polar surface area (TPSA) is 43.1 Å². The van der Waals surface area contributed by atoms with Gasteiger partial charge in [0, 0.05) is 18.4 Å². The molecule has 0 bridgehead atoms. The average molecular weight is 217 g/mol. The summed E-state index contributed by atoms with van der Waals surface area (Å²) in [5, 5.41) is 0. The van der Waals surface area contributed by atoms with E-state index in [1.807, 2.05) is 18.2 Å². The number of benzene rings is 1. The second-order valence-corrected chi connectivity index (χ2v) is 4.92. The van der Waals surface area contributed by atoms with Crippen LogP contribution in [0.4, 0.5) is 0 Å². The van der Waals surface area contributed by atoms with Crippen LogP contribution < -0.4 is 5.73 Å². The molecule has 2 nitrogen and oxygen atoms in total. The summed E-state index contributed by atoms with van der Waals surface area (Å²) in [7, 11) is 0. The third kappa shape index (κ3) is 2.92. The number of nitrogens with two attached hydrogens (primary N) is 1. The van der Waals surface area contributed by atoms with E-state index in [4.69, 9.17) is 5.73 Å². The van der Waals surface area contributed by atoms with Gasteiger partial charge in [-0.15, -0.1) is 0 Å². The SMILES string of the molecule is NC1(CC(=O)CCc2ccccc2)CCC1. The highest BCUT2D eigenvalue weighted by Crippen LogP contribution is 2.32. The zero-order valence-corrected chi connectivity index (χ0v) is 9.61. The summed E-state index contributed by atoms with van der Waals surface area (Å²) in [5.74, 6) is 0.311. The minimum atomic E-state index is -0.159. The fraction of sp³-hybridized carbons (Fsp3) is 0.500. The van der Waals surface area contributed by atoms with Crippen LogP contribution in [-0.4, -0.2) is 11.3 Å². The lowest BCUT2D eigenvalue weighted by atomic mass is 9.74. The molecule has 1 fully saturated rings. The number of carbonyl (C=O) groups is 1. The van der Waals surface area contributed by atoms with Gasteiger partial charge in [-0.1, -0.05) is 30.3 Å². The van der Waals surface area contributed by atoms with E-state index in [1.54, 1.807) is 0 Å². The standard InChI is InChI=1S/C14H19NO/c15-14(9-4-10-14)11-13(16)8-7-12-5-2-1-3-6-12/h1-3,5-6H,4,7-11,15H2. The molecular formula is C14H19NO. The molecule has 1 aliphatic carbocycles. The van der Waals surface area contributed by atoms with Crippen molar-refractivity contribution in [2.75, 3.05) is 0 Å². The first-order valence-electron chi connectivity index (χ1n) is 6.02. The van der Waals surface area contributed by atoms with Crippen LogP contribution in [0.15, 0.2) is 30.3 Å². The van der Waals surface area contributed by atoms with Crippen molar-refractivity contribution in [2.24, 2.45) is 5.73 Å². The third-order valence-electron chi connectivity index (χ3n) is 3.43. The molecule has 2 rings (SSSR count). The molecule has 1 aliphatic rings. The largest absolute Gasteiger partial charge is 0.325 e. The second-order valence-electron chi connectivity index (χ2n) is 4.92. The van der Waals surface area contributed by atoms with Crippen molar-refractivity contribution in [3.05, 3.63) is 35.9 Å². The monoisotopic (exact) mass is 217 g/mol. The van der Waals surface area contributed by atoms with Crippen LogP contribution in [0.2, 0.25) is 0 Å². The number of hydrogen-bond donors (Lipinski definition) is 1. The van der Waals surface area contributed by atoms with Crippen LogP contribution >= 0.6 is 0 Å². The minimum Gasteiger partial charge on any atom is -0.325 e. The van der Waals surface area contributed by atoms with E-state index in [-0.39, 0.29) is 5.54 Å². The van der Waals surface area contributed by atoms with Crippen LogP contribution in [0.5, 0.6) is 0 Å². The maximum atomic E-state index is 11.7. The zero-order chi connectivity index (χ0) is 11.4. The van der Waals surface area contributed by atoms with Crippen molar-refractivity contribution in [2.45, 2.75) is 44.1 Å². The number of Topliss-reactive ketones (excluding diaryl/α,β-unsaturated/α-hetero) is 1. The average Bonchev–Trinajstić information content (AvgIpc) is 2.26. The van der Waals surface area contributed by atoms with E-state index in [0.29, 0.717) is 18.6 Å². The first-order valence-corrected chi connectivity index (χ1v) is 6.02. The molecule has 0 unspecified atom stereocenters. The van der Waals surface area contributed by atoms with Crippen molar-refractivity contribution < 1.29 is 4.79 Å². The Kier molecular flexibility index (Phi) is 3.39. The van der Waals surface area contributed by atoms with Crippen molar-refractivity contribution >= 4 is 5.78 Å². The van der Waals surface area contributed by atoms with Gasteiger partial charge in [-0.3, -0.25) is 4.79 Å². The normalized spacial score (nSPS) is 17.8. The maximum Gasteiger partial charge on any atom is 0.135 e. The molecular weight excluding hydrogens is 198 g/mol. The van der Waals surface area contributed by atoms with E-state index in [1.165, 1.54) is 12.0 Å². The van der Waals surface area contributed by atoms with E-state index in [9.17, 15) is 4.79 Å². The fourth-order valence-corrected chi connectivity index (χ4v) is 2.22. The Morgan fingerprint density at radius 2 is 1.94 bits per heavy atom. The molecule has 0 aliphatic heterocycles. The quantitative estimate of drug-likeness (QED) is 0.823. The Balaban J connectivity index is 1.76. The van der Waals surface area contributed by atoms with Gasteiger partial charge in [0.1, 0.15) is 5.78 Å². The van der Waals surface area contributed by atoms with E-state index in [0.717, 1.165) is 19.3 Å². The summed E-state index contributed by atoms with van der Waals surface area (Å²) in [6, 6.07) is 10.1. The number of rotatable bonds is 5. The molecule has 86 valence electrons. The summed E-state index contributed by atoms with van der Waals surface area (Å²) in [6.07, 6.45) is 5.26. The predicted molar refractivity (Wildman–Crippen MR) is 65.2 cm³/mol. The van der Waals surface area contributed by atoms with Crippen LogP contribution in [-0.2, 0) is 11.2 Å². The van der Waals surface area contributed by atoms with Crippen LogP contribution in [0.3, 0.4) is 0 Å². The molecule has 1 aromatic carbocycles. The van der Waals surface area contributed by atoms with E-state index < -0.39 is 0 Å².